The Kier molecular flexibility index (Phi) is 4.69. The SMILES string of the molecule is N=C(NS(=O)(=O)c1ccc(F)c(Cl)c1)c1ccc(F)c(Cl)c1. The maximum absolute atomic E-state index is 13.1. The Hall–Kier alpha value is -1.70. The molecular formula is C13H8Cl2F2N2O2S. The third-order valence-electron chi connectivity index (χ3n) is 2.65. The highest BCUT2D eigenvalue weighted by Crippen LogP contribution is 2.20. The van der Waals surface area contributed by atoms with Gasteiger partial charge in [0.15, 0.2) is 0 Å². The largest absolute Gasteiger partial charge is 0.283 e. The van der Waals surface area contributed by atoms with Crippen LogP contribution in [0.4, 0.5) is 8.78 Å². The van der Waals surface area contributed by atoms with Crippen LogP contribution < -0.4 is 4.72 Å². The van der Waals surface area contributed by atoms with Crippen molar-refractivity contribution in [2.75, 3.05) is 0 Å². The van der Waals surface area contributed by atoms with Crippen LogP contribution in [0, 0.1) is 17.0 Å². The Morgan fingerprint density at radius 1 is 1.00 bits per heavy atom. The molecule has 0 spiro atoms. The van der Waals surface area contributed by atoms with E-state index in [1.807, 2.05) is 4.72 Å². The Morgan fingerprint density at radius 2 is 1.55 bits per heavy atom. The van der Waals surface area contributed by atoms with Crippen LogP contribution in [0.1, 0.15) is 5.56 Å². The van der Waals surface area contributed by atoms with Gasteiger partial charge in [-0.1, -0.05) is 23.2 Å². The fourth-order valence-corrected chi connectivity index (χ4v) is 3.00. The zero-order valence-corrected chi connectivity index (χ0v) is 13.0. The average molecular weight is 365 g/mol. The number of benzene rings is 2. The molecule has 0 aliphatic rings. The van der Waals surface area contributed by atoms with Gasteiger partial charge in [0.25, 0.3) is 10.0 Å². The molecule has 0 heterocycles. The summed E-state index contributed by atoms with van der Waals surface area (Å²) >= 11 is 11.1. The molecule has 2 aromatic carbocycles. The molecule has 0 saturated heterocycles. The molecular weight excluding hydrogens is 357 g/mol. The van der Waals surface area contributed by atoms with Crippen LogP contribution in [0.25, 0.3) is 0 Å². The summed E-state index contributed by atoms with van der Waals surface area (Å²) in [5.74, 6) is -1.96. The maximum Gasteiger partial charge on any atom is 0.263 e. The molecule has 2 N–H and O–H groups in total. The standard InChI is InChI=1S/C13H8Cl2F2N2O2S/c14-9-5-7(1-3-11(9)16)13(18)19-22(20,21)8-2-4-12(17)10(15)6-8/h1-6H,(H2,18,19). The summed E-state index contributed by atoms with van der Waals surface area (Å²) < 4.78 is 52.3. The molecule has 0 unspecified atom stereocenters. The van der Waals surface area contributed by atoms with Gasteiger partial charge >= 0.3 is 0 Å². The van der Waals surface area contributed by atoms with E-state index in [2.05, 4.69) is 0 Å². The number of amidine groups is 1. The Morgan fingerprint density at radius 3 is 2.09 bits per heavy atom. The van der Waals surface area contributed by atoms with Gasteiger partial charge in [-0.15, -0.1) is 0 Å². The van der Waals surface area contributed by atoms with E-state index in [1.54, 1.807) is 0 Å². The Balaban J connectivity index is 2.29. The van der Waals surface area contributed by atoms with E-state index >= 15 is 0 Å². The van der Waals surface area contributed by atoms with Crippen molar-refractivity contribution in [3.05, 3.63) is 63.6 Å². The lowest BCUT2D eigenvalue weighted by molar-refractivity contribution is 0.591. The van der Waals surface area contributed by atoms with Gasteiger partial charge in [-0.05, 0) is 36.4 Å². The normalized spacial score (nSPS) is 11.3. The number of hydrogen-bond donors (Lipinski definition) is 2. The summed E-state index contributed by atoms with van der Waals surface area (Å²) in [7, 11) is -4.13. The van der Waals surface area contributed by atoms with E-state index in [0.717, 1.165) is 30.3 Å². The molecule has 0 fully saturated rings. The number of halogens is 4. The number of rotatable bonds is 3. The van der Waals surface area contributed by atoms with E-state index in [-0.39, 0.29) is 20.5 Å². The fraction of sp³-hybridized carbons (Fsp3) is 0. The first-order chi connectivity index (χ1) is 10.2. The van der Waals surface area contributed by atoms with Crippen molar-refractivity contribution in [3.8, 4) is 0 Å². The molecule has 116 valence electrons. The predicted molar refractivity (Wildman–Crippen MR) is 80.0 cm³/mol. The summed E-state index contributed by atoms with van der Waals surface area (Å²) in [5.41, 5.74) is 0.0724. The lowest BCUT2D eigenvalue weighted by atomic mass is 10.2. The van der Waals surface area contributed by atoms with Gasteiger partial charge < -0.3 is 0 Å². The van der Waals surface area contributed by atoms with Crippen LogP contribution in [-0.2, 0) is 10.0 Å². The molecule has 22 heavy (non-hydrogen) atoms. The molecule has 0 atom stereocenters. The summed E-state index contributed by atoms with van der Waals surface area (Å²) in [6.45, 7) is 0. The lowest BCUT2D eigenvalue weighted by Gasteiger charge is -2.10. The van der Waals surface area contributed by atoms with Crippen LogP contribution in [0.15, 0.2) is 41.3 Å². The van der Waals surface area contributed by atoms with Gasteiger partial charge in [0.2, 0.25) is 0 Å². The van der Waals surface area contributed by atoms with Crippen LogP contribution in [-0.4, -0.2) is 14.3 Å². The van der Waals surface area contributed by atoms with E-state index in [4.69, 9.17) is 28.6 Å². The molecule has 0 amide bonds. The highest BCUT2D eigenvalue weighted by molar-refractivity contribution is 7.90. The van der Waals surface area contributed by atoms with Gasteiger partial charge in [0.05, 0.1) is 14.9 Å². The van der Waals surface area contributed by atoms with Gasteiger partial charge in [0.1, 0.15) is 17.5 Å². The molecule has 0 aromatic heterocycles. The minimum atomic E-state index is -4.13. The number of sulfonamides is 1. The molecule has 2 aromatic rings. The monoisotopic (exact) mass is 364 g/mol. The molecule has 0 aliphatic carbocycles. The lowest BCUT2D eigenvalue weighted by Crippen LogP contribution is -2.30. The third-order valence-corrected chi connectivity index (χ3v) is 4.57. The maximum atomic E-state index is 13.1. The smallest absolute Gasteiger partial charge is 0.263 e. The first-order valence-electron chi connectivity index (χ1n) is 5.72. The fourth-order valence-electron chi connectivity index (χ4n) is 1.55. The summed E-state index contributed by atoms with van der Waals surface area (Å²) in [6.07, 6.45) is 0. The van der Waals surface area contributed by atoms with Crippen molar-refractivity contribution >= 4 is 39.1 Å². The van der Waals surface area contributed by atoms with Crippen LogP contribution in [0.3, 0.4) is 0 Å². The van der Waals surface area contributed by atoms with Crippen LogP contribution >= 0.6 is 23.2 Å². The van der Waals surface area contributed by atoms with E-state index in [9.17, 15) is 17.2 Å². The highest BCUT2D eigenvalue weighted by atomic mass is 35.5. The van der Waals surface area contributed by atoms with Crippen LogP contribution in [0.5, 0.6) is 0 Å². The van der Waals surface area contributed by atoms with E-state index in [0.29, 0.717) is 0 Å². The van der Waals surface area contributed by atoms with E-state index in [1.165, 1.54) is 6.07 Å². The quantitative estimate of drug-likeness (QED) is 0.645. The molecule has 0 bridgehead atoms. The number of hydrogen-bond acceptors (Lipinski definition) is 3. The zero-order valence-electron chi connectivity index (χ0n) is 10.7. The average Bonchev–Trinajstić information content (AvgIpc) is 2.44. The van der Waals surface area contributed by atoms with Gasteiger partial charge in [-0.25, -0.2) is 17.2 Å². The highest BCUT2D eigenvalue weighted by Gasteiger charge is 2.18. The minimum absolute atomic E-state index is 0.0724. The first-order valence-corrected chi connectivity index (χ1v) is 7.96. The Bertz CT molecular complexity index is 857. The van der Waals surface area contributed by atoms with Crippen molar-refractivity contribution in [2.45, 2.75) is 4.90 Å². The van der Waals surface area contributed by atoms with Crippen molar-refractivity contribution in [2.24, 2.45) is 0 Å². The molecule has 0 radical (unpaired) electrons. The molecule has 2 rings (SSSR count). The minimum Gasteiger partial charge on any atom is -0.283 e. The second-order valence-corrected chi connectivity index (χ2v) is 6.68. The topological polar surface area (TPSA) is 70.0 Å². The Labute approximate surface area is 135 Å². The third kappa shape index (κ3) is 3.55. The molecule has 9 heteroatoms. The van der Waals surface area contributed by atoms with Crippen molar-refractivity contribution in [3.63, 3.8) is 0 Å². The second-order valence-electron chi connectivity index (χ2n) is 4.19. The van der Waals surface area contributed by atoms with Crippen LogP contribution in [0.2, 0.25) is 10.0 Å². The van der Waals surface area contributed by atoms with E-state index < -0.39 is 27.5 Å². The van der Waals surface area contributed by atoms with Crippen molar-refractivity contribution < 1.29 is 17.2 Å². The summed E-state index contributed by atoms with van der Waals surface area (Å²) in [4.78, 5) is -0.308. The van der Waals surface area contributed by atoms with Gasteiger partial charge in [0, 0.05) is 5.56 Å². The zero-order chi connectivity index (χ0) is 16.5. The van der Waals surface area contributed by atoms with Crippen molar-refractivity contribution in [1.29, 1.82) is 5.41 Å². The molecule has 0 aliphatic heterocycles. The first kappa shape index (κ1) is 16.7. The molecule has 4 nitrogen and oxygen atoms in total. The number of nitrogens with one attached hydrogen (secondary N) is 2. The van der Waals surface area contributed by atoms with Crippen molar-refractivity contribution in [1.82, 2.24) is 4.72 Å². The summed E-state index contributed by atoms with van der Waals surface area (Å²) in [6, 6.07) is 6.15. The van der Waals surface area contributed by atoms with Gasteiger partial charge in [-0.2, -0.15) is 0 Å². The summed E-state index contributed by atoms with van der Waals surface area (Å²) in [5, 5.41) is 7.11. The molecule has 0 saturated carbocycles. The van der Waals surface area contributed by atoms with Gasteiger partial charge in [-0.3, -0.25) is 10.1 Å². The second kappa shape index (κ2) is 6.20. The predicted octanol–water partition coefficient (Wildman–Crippen LogP) is 3.58.